The maximum atomic E-state index is 13.3. The molecule has 3 rings (SSSR count). The lowest BCUT2D eigenvalue weighted by molar-refractivity contribution is -0.148. The first-order valence-corrected chi connectivity index (χ1v) is 8.56. The summed E-state index contributed by atoms with van der Waals surface area (Å²) in [6, 6.07) is 3.80. The number of alkyl halides is 3. The molecule has 1 saturated heterocycles. The quantitative estimate of drug-likeness (QED) is 0.879. The molecule has 6 nitrogen and oxygen atoms in total. The number of carbonyl (C=O) groups excluding carboxylic acids is 1. The van der Waals surface area contributed by atoms with Gasteiger partial charge in [-0.25, -0.2) is 4.98 Å². The number of carboxylic acids is 1. The van der Waals surface area contributed by atoms with Crippen LogP contribution in [-0.4, -0.2) is 44.5 Å². The zero-order valence-corrected chi connectivity index (χ0v) is 15.2. The monoisotopic (exact) mass is 383 g/mol. The van der Waals surface area contributed by atoms with Crippen LogP contribution in [0.25, 0.3) is 11.0 Å². The first-order valence-electron chi connectivity index (χ1n) is 8.56. The van der Waals surface area contributed by atoms with Crippen molar-refractivity contribution in [2.75, 3.05) is 13.1 Å². The molecule has 0 radical (unpaired) electrons. The summed E-state index contributed by atoms with van der Waals surface area (Å²) in [5, 5.41) is 9.29. The van der Waals surface area contributed by atoms with Gasteiger partial charge in [0.05, 0.1) is 16.4 Å². The molecular formula is C18H20F3N3O3. The van der Waals surface area contributed by atoms with Crippen LogP contribution >= 0.6 is 0 Å². The van der Waals surface area contributed by atoms with Crippen molar-refractivity contribution < 1.29 is 27.9 Å². The summed E-state index contributed by atoms with van der Waals surface area (Å²) in [4.78, 5) is 29.2. The number of benzene rings is 1. The average Bonchev–Trinajstić information content (AvgIpc) is 3.15. The van der Waals surface area contributed by atoms with Crippen LogP contribution in [0.15, 0.2) is 18.2 Å². The Labute approximate surface area is 153 Å². The van der Waals surface area contributed by atoms with Crippen molar-refractivity contribution in [2.45, 2.75) is 39.4 Å². The Hall–Kier alpha value is -2.58. The highest BCUT2D eigenvalue weighted by molar-refractivity contribution is 5.98. The highest BCUT2D eigenvalue weighted by Gasteiger charge is 2.42. The van der Waals surface area contributed by atoms with Gasteiger partial charge in [0.25, 0.3) is 5.91 Å². The van der Waals surface area contributed by atoms with Crippen LogP contribution < -0.4 is 0 Å². The number of carbonyl (C=O) groups is 2. The van der Waals surface area contributed by atoms with Gasteiger partial charge < -0.3 is 14.6 Å². The number of halogens is 3. The van der Waals surface area contributed by atoms with Crippen molar-refractivity contribution in [3.8, 4) is 0 Å². The van der Waals surface area contributed by atoms with Crippen molar-refractivity contribution in [1.82, 2.24) is 14.5 Å². The summed E-state index contributed by atoms with van der Waals surface area (Å²) in [5.74, 6) is -2.38. The predicted octanol–water partition coefficient (Wildman–Crippen LogP) is 3.57. The fourth-order valence-electron chi connectivity index (χ4n) is 3.45. The van der Waals surface area contributed by atoms with Crippen LogP contribution in [0.2, 0.25) is 0 Å². The molecule has 1 unspecified atom stereocenters. The number of hydrogen-bond donors (Lipinski definition) is 1. The number of fused-ring (bicyclic) bond motifs is 1. The molecule has 1 aromatic heterocycles. The highest BCUT2D eigenvalue weighted by Crippen LogP contribution is 2.35. The second kappa shape index (κ2) is 6.24. The van der Waals surface area contributed by atoms with Crippen molar-refractivity contribution in [3.63, 3.8) is 0 Å². The minimum atomic E-state index is -4.61. The molecule has 2 aromatic rings. The third kappa shape index (κ3) is 3.26. The number of carboxylic acid groups (broad SMARTS) is 1. The van der Waals surface area contributed by atoms with E-state index in [1.165, 1.54) is 23.1 Å². The topological polar surface area (TPSA) is 75.4 Å². The minimum absolute atomic E-state index is 0.0629. The number of imidazole rings is 1. The van der Waals surface area contributed by atoms with E-state index in [0.29, 0.717) is 11.9 Å². The molecule has 146 valence electrons. The Morgan fingerprint density at radius 1 is 1.30 bits per heavy atom. The van der Waals surface area contributed by atoms with Gasteiger partial charge in [-0.1, -0.05) is 0 Å². The smallest absolute Gasteiger partial charge is 0.449 e. The molecule has 27 heavy (non-hydrogen) atoms. The third-order valence-corrected chi connectivity index (χ3v) is 4.98. The number of nitrogens with zero attached hydrogens (tertiary/aromatic N) is 3. The van der Waals surface area contributed by atoms with Gasteiger partial charge in [0.15, 0.2) is 0 Å². The zero-order valence-electron chi connectivity index (χ0n) is 15.2. The van der Waals surface area contributed by atoms with Gasteiger partial charge >= 0.3 is 12.1 Å². The number of aliphatic carboxylic acids is 1. The largest absolute Gasteiger partial charge is 0.481 e. The van der Waals surface area contributed by atoms with E-state index in [-0.39, 0.29) is 24.2 Å². The van der Waals surface area contributed by atoms with Gasteiger partial charge in [-0.2, -0.15) is 13.2 Å². The Kier molecular flexibility index (Phi) is 4.44. The summed E-state index contributed by atoms with van der Waals surface area (Å²) >= 11 is 0. The van der Waals surface area contributed by atoms with Gasteiger partial charge in [0.1, 0.15) is 0 Å². The molecule has 2 heterocycles. The van der Waals surface area contributed by atoms with Crippen LogP contribution in [-0.2, 0) is 11.0 Å². The average molecular weight is 383 g/mol. The summed E-state index contributed by atoms with van der Waals surface area (Å²) in [6.07, 6.45) is -4.28. The van der Waals surface area contributed by atoms with Crippen molar-refractivity contribution in [1.29, 1.82) is 0 Å². The zero-order chi connectivity index (χ0) is 20.1. The summed E-state index contributed by atoms with van der Waals surface area (Å²) in [5.41, 5.74) is -0.436. The highest BCUT2D eigenvalue weighted by atomic mass is 19.4. The predicted molar refractivity (Wildman–Crippen MR) is 91.4 cm³/mol. The van der Waals surface area contributed by atoms with E-state index < -0.39 is 35.3 Å². The Balaban J connectivity index is 1.98. The Morgan fingerprint density at radius 2 is 1.96 bits per heavy atom. The number of aromatic nitrogens is 2. The van der Waals surface area contributed by atoms with E-state index in [2.05, 4.69) is 4.98 Å². The van der Waals surface area contributed by atoms with Crippen LogP contribution in [0.1, 0.15) is 49.4 Å². The summed E-state index contributed by atoms with van der Waals surface area (Å²) < 4.78 is 41.0. The number of amides is 1. The van der Waals surface area contributed by atoms with Crippen LogP contribution in [0.4, 0.5) is 13.2 Å². The lowest BCUT2D eigenvalue weighted by atomic mass is 9.90. The lowest BCUT2D eigenvalue weighted by Gasteiger charge is -2.20. The molecule has 1 fully saturated rings. The maximum absolute atomic E-state index is 13.3. The van der Waals surface area contributed by atoms with Gasteiger partial charge in [0.2, 0.25) is 5.82 Å². The normalized spacial score (nSPS) is 20.6. The minimum Gasteiger partial charge on any atom is -0.481 e. The second-order valence-corrected chi connectivity index (χ2v) is 7.44. The SMILES string of the molecule is CC(C)n1c(C(F)(F)F)nc2cc(C(=O)N3CCC(C)(C(=O)O)C3)ccc21. The van der Waals surface area contributed by atoms with Crippen LogP contribution in [0.3, 0.4) is 0 Å². The van der Waals surface area contributed by atoms with Gasteiger partial charge in [-0.3, -0.25) is 9.59 Å². The van der Waals surface area contributed by atoms with Crippen LogP contribution in [0, 0.1) is 5.41 Å². The summed E-state index contributed by atoms with van der Waals surface area (Å²) in [6.45, 7) is 5.19. The standard InChI is InChI=1S/C18H20F3N3O3/c1-10(2)24-13-5-4-11(8-12(13)22-15(24)18(19,20)21)14(25)23-7-6-17(3,9-23)16(26)27/h4-5,8,10H,6-7,9H2,1-3H3,(H,26,27). The molecule has 0 saturated carbocycles. The second-order valence-electron chi connectivity index (χ2n) is 7.44. The van der Waals surface area contributed by atoms with Crippen molar-refractivity contribution in [2.24, 2.45) is 5.41 Å². The molecular weight excluding hydrogens is 363 g/mol. The molecule has 1 N–H and O–H groups in total. The number of likely N-dealkylation sites (tertiary alicyclic amines) is 1. The first kappa shape index (κ1) is 19.2. The van der Waals surface area contributed by atoms with E-state index in [9.17, 15) is 27.9 Å². The lowest BCUT2D eigenvalue weighted by Crippen LogP contribution is -2.34. The summed E-state index contributed by atoms with van der Waals surface area (Å²) in [7, 11) is 0. The Morgan fingerprint density at radius 3 is 2.48 bits per heavy atom. The van der Waals surface area contributed by atoms with E-state index in [0.717, 1.165) is 4.57 Å². The molecule has 1 atom stereocenters. The molecule has 0 spiro atoms. The van der Waals surface area contributed by atoms with E-state index in [4.69, 9.17) is 0 Å². The molecule has 1 aromatic carbocycles. The Bertz CT molecular complexity index is 920. The van der Waals surface area contributed by atoms with Gasteiger partial charge in [-0.15, -0.1) is 0 Å². The van der Waals surface area contributed by atoms with Crippen molar-refractivity contribution in [3.05, 3.63) is 29.6 Å². The van der Waals surface area contributed by atoms with Crippen LogP contribution in [0.5, 0.6) is 0 Å². The van der Waals surface area contributed by atoms with E-state index >= 15 is 0 Å². The molecule has 1 aliphatic rings. The molecule has 0 aliphatic carbocycles. The molecule has 0 bridgehead atoms. The van der Waals surface area contributed by atoms with Gasteiger partial charge in [-0.05, 0) is 45.4 Å². The van der Waals surface area contributed by atoms with E-state index in [1.807, 2.05) is 0 Å². The fraction of sp³-hybridized carbons (Fsp3) is 0.500. The van der Waals surface area contributed by atoms with Crippen molar-refractivity contribution >= 4 is 22.9 Å². The van der Waals surface area contributed by atoms with Gasteiger partial charge in [0, 0.05) is 24.7 Å². The first-order chi connectivity index (χ1) is 12.4. The molecule has 1 aliphatic heterocycles. The van der Waals surface area contributed by atoms with E-state index in [1.54, 1.807) is 20.8 Å². The molecule has 9 heteroatoms. The maximum Gasteiger partial charge on any atom is 0.449 e. The molecule has 1 amide bonds. The fourth-order valence-corrected chi connectivity index (χ4v) is 3.45. The number of rotatable bonds is 3. The number of hydrogen-bond acceptors (Lipinski definition) is 3. The third-order valence-electron chi connectivity index (χ3n) is 4.98.